The standard InChI is InChI=1S/C13H17ClN6O/c1-9(15)6-7-16-12(21)8-20-18-13(17-19-20)10-2-4-11(14)5-3-10/h2-5,9H,6-8,15H2,1H3,(H,16,21). The molecule has 21 heavy (non-hydrogen) atoms. The van der Waals surface area contributed by atoms with E-state index in [9.17, 15) is 4.79 Å². The molecule has 112 valence electrons. The second-order valence-electron chi connectivity index (χ2n) is 4.77. The van der Waals surface area contributed by atoms with E-state index in [1.807, 2.05) is 6.92 Å². The van der Waals surface area contributed by atoms with E-state index in [0.717, 1.165) is 12.0 Å². The van der Waals surface area contributed by atoms with Crippen LogP contribution in [0.4, 0.5) is 0 Å². The van der Waals surface area contributed by atoms with Crippen LogP contribution in [0, 0.1) is 0 Å². The number of hydrogen-bond acceptors (Lipinski definition) is 5. The Balaban J connectivity index is 1.91. The lowest BCUT2D eigenvalue weighted by molar-refractivity contribution is -0.122. The highest BCUT2D eigenvalue weighted by Crippen LogP contribution is 2.16. The number of benzene rings is 1. The van der Waals surface area contributed by atoms with E-state index in [2.05, 4.69) is 20.7 Å². The zero-order chi connectivity index (χ0) is 15.2. The first kappa shape index (κ1) is 15.4. The molecule has 7 nitrogen and oxygen atoms in total. The zero-order valence-corrected chi connectivity index (χ0v) is 12.4. The topological polar surface area (TPSA) is 98.7 Å². The summed E-state index contributed by atoms with van der Waals surface area (Å²) in [5.74, 6) is 0.283. The van der Waals surface area contributed by atoms with Crippen molar-refractivity contribution in [1.29, 1.82) is 0 Å². The van der Waals surface area contributed by atoms with Gasteiger partial charge in [-0.1, -0.05) is 11.6 Å². The molecule has 2 aromatic rings. The quantitative estimate of drug-likeness (QED) is 0.824. The minimum Gasteiger partial charge on any atom is -0.354 e. The lowest BCUT2D eigenvalue weighted by Crippen LogP contribution is -2.32. The summed E-state index contributed by atoms with van der Waals surface area (Å²) < 4.78 is 0. The molecule has 1 atom stereocenters. The molecule has 1 aromatic carbocycles. The Bertz CT molecular complexity index is 595. The van der Waals surface area contributed by atoms with Crippen LogP contribution in [-0.2, 0) is 11.3 Å². The first-order valence-electron chi connectivity index (χ1n) is 6.60. The van der Waals surface area contributed by atoms with Gasteiger partial charge in [-0.3, -0.25) is 4.79 Å². The van der Waals surface area contributed by atoms with Crippen LogP contribution in [0.15, 0.2) is 24.3 Å². The van der Waals surface area contributed by atoms with Gasteiger partial charge in [0.25, 0.3) is 0 Å². The summed E-state index contributed by atoms with van der Waals surface area (Å²) in [6.07, 6.45) is 0.729. The number of halogens is 1. The van der Waals surface area contributed by atoms with Crippen molar-refractivity contribution >= 4 is 17.5 Å². The average Bonchev–Trinajstić information content (AvgIpc) is 2.87. The Morgan fingerprint density at radius 1 is 1.43 bits per heavy atom. The molecule has 0 saturated carbocycles. The van der Waals surface area contributed by atoms with Crippen LogP contribution in [0.1, 0.15) is 13.3 Å². The van der Waals surface area contributed by atoms with E-state index in [1.54, 1.807) is 24.3 Å². The summed E-state index contributed by atoms with van der Waals surface area (Å²) in [6, 6.07) is 7.15. The van der Waals surface area contributed by atoms with Gasteiger partial charge in [-0.05, 0) is 42.8 Å². The number of aromatic nitrogens is 4. The van der Waals surface area contributed by atoms with Crippen LogP contribution in [0.5, 0.6) is 0 Å². The van der Waals surface area contributed by atoms with Crippen molar-refractivity contribution in [2.75, 3.05) is 6.54 Å². The minimum absolute atomic E-state index is 0.0273. The molecule has 0 aliphatic carbocycles. The summed E-state index contributed by atoms with van der Waals surface area (Å²) in [7, 11) is 0. The third-order valence-electron chi connectivity index (χ3n) is 2.76. The summed E-state index contributed by atoms with van der Waals surface area (Å²) in [5, 5.41) is 15.3. The van der Waals surface area contributed by atoms with Crippen molar-refractivity contribution in [3.8, 4) is 11.4 Å². The van der Waals surface area contributed by atoms with Crippen molar-refractivity contribution in [2.24, 2.45) is 5.73 Å². The summed E-state index contributed by atoms with van der Waals surface area (Å²) in [4.78, 5) is 12.9. The molecule has 3 N–H and O–H groups in total. The number of rotatable bonds is 6. The van der Waals surface area contributed by atoms with E-state index < -0.39 is 0 Å². The maximum atomic E-state index is 11.7. The smallest absolute Gasteiger partial charge is 0.243 e. The highest BCUT2D eigenvalue weighted by Gasteiger charge is 2.09. The van der Waals surface area contributed by atoms with Gasteiger partial charge in [0.05, 0.1) is 0 Å². The molecule has 1 aromatic heterocycles. The summed E-state index contributed by atoms with van der Waals surface area (Å²) >= 11 is 5.82. The highest BCUT2D eigenvalue weighted by molar-refractivity contribution is 6.30. The van der Waals surface area contributed by atoms with Crippen molar-refractivity contribution in [1.82, 2.24) is 25.5 Å². The predicted octanol–water partition coefficient (Wildman–Crippen LogP) is 0.847. The fourth-order valence-electron chi connectivity index (χ4n) is 1.65. The van der Waals surface area contributed by atoms with Crippen LogP contribution in [0.25, 0.3) is 11.4 Å². The monoisotopic (exact) mass is 308 g/mol. The van der Waals surface area contributed by atoms with Crippen LogP contribution < -0.4 is 11.1 Å². The Labute approximate surface area is 127 Å². The molecule has 8 heteroatoms. The molecule has 1 unspecified atom stereocenters. The van der Waals surface area contributed by atoms with Gasteiger partial charge >= 0.3 is 0 Å². The normalized spacial score (nSPS) is 12.1. The van der Waals surface area contributed by atoms with Gasteiger partial charge in [0, 0.05) is 23.2 Å². The second kappa shape index (κ2) is 7.14. The van der Waals surface area contributed by atoms with Gasteiger partial charge in [-0.25, -0.2) is 0 Å². The van der Waals surface area contributed by atoms with Gasteiger partial charge in [-0.15, -0.1) is 10.2 Å². The van der Waals surface area contributed by atoms with Gasteiger partial charge in [-0.2, -0.15) is 4.80 Å². The fourth-order valence-corrected chi connectivity index (χ4v) is 1.77. The molecular weight excluding hydrogens is 292 g/mol. The van der Waals surface area contributed by atoms with Gasteiger partial charge < -0.3 is 11.1 Å². The molecule has 0 bridgehead atoms. The largest absolute Gasteiger partial charge is 0.354 e. The number of tetrazole rings is 1. The molecule has 0 spiro atoms. The maximum absolute atomic E-state index is 11.7. The van der Waals surface area contributed by atoms with Crippen molar-refractivity contribution in [3.63, 3.8) is 0 Å². The van der Waals surface area contributed by atoms with E-state index >= 15 is 0 Å². The molecular formula is C13H17ClN6O. The lowest BCUT2D eigenvalue weighted by atomic mass is 10.2. The second-order valence-corrected chi connectivity index (χ2v) is 5.20. The van der Waals surface area contributed by atoms with Crippen LogP contribution in [-0.4, -0.2) is 38.7 Å². The average molecular weight is 309 g/mol. The molecule has 1 amide bonds. The number of nitrogens with zero attached hydrogens (tertiary/aromatic N) is 4. The van der Waals surface area contributed by atoms with Crippen LogP contribution in [0.3, 0.4) is 0 Å². The SMILES string of the molecule is CC(N)CCNC(=O)Cn1nnc(-c2ccc(Cl)cc2)n1. The van der Waals surface area contributed by atoms with E-state index in [0.29, 0.717) is 17.4 Å². The maximum Gasteiger partial charge on any atom is 0.243 e. The molecule has 2 rings (SSSR count). The van der Waals surface area contributed by atoms with E-state index in [1.165, 1.54) is 4.80 Å². The summed E-state index contributed by atoms with van der Waals surface area (Å²) in [6.45, 7) is 2.46. The van der Waals surface area contributed by atoms with Gasteiger partial charge in [0.2, 0.25) is 11.7 Å². The van der Waals surface area contributed by atoms with E-state index in [4.69, 9.17) is 17.3 Å². The third kappa shape index (κ3) is 4.80. The number of nitrogens with two attached hydrogens (primary N) is 1. The van der Waals surface area contributed by atoms with Crippen molar-refractivity contribution in [2.45, 2.75) is 25.9 Å². The highest BCUT2D eigenvalue weighted by atomic mass is 35.5. The molecule has 0 radical (unpaired) electrons. The van der Waals surface area contributed by atoms with E-state index in [-0.39, 0.29) is 18.5 Å². The van der Waals surface area contributed by atoms with Gasteiger partial charge in [0.15, 0.2) is 0 Å². The number of hydrogen-bond donors (Lipinski definition) is 2. The molecule has 1 heterocycles. The first-order valence-corrected chi connectivity index (χ1v) is 6.98. The molecule has 0 aliphatic heterocycles. The molecule has 0 saturated heterocycles. The number of carbonyl (C=O) groups is 1. The Kier molecular flexibility index (Phi) is 5.24. The first-order chi connectivity index (χ1) is 10.0. The Morgan fingerprint density at radius 2 is 2.14 bits per heavy atom. The molecule has 0 fully saturated rings. The number of carbonyl (C=O) groups excluding carboxylic acids is 1. The summed E-state index contributed by atoms with van der Waals surface area (Å²) in [5.41, 5.74) is 6.40. The Morgan fingerprint density at radius 3 is 2.81 bits per heavy atom. The van der Waals surface area contributed by atoms with Gasteiger partial charge in [0.1, 0.15) is 6.54 Å². The fraction of sp³-hybridized carbons (Fsp3) is 0.385. The van der Waals surface area contributed by atoms with Crippen molar-refractivity contribution in [3.05, 3.63) is 29.3 Å². The minimum atomic E-state index is -0.171. The number of amides is 1. The van der Waals surface area contributed by atoms with Crippen LogP contribution in [0.2, 0.25) is 5.02 Å². The molecule has 0 aliphatic rings. The third-order valence-corrected chi connectivity index (χ3v) is 3.01. The lowest BCUT2D eigenvalue weighted by Gasteiger charge is -2.06. The zero-order valence-electron chi connectivity index (χ0n) is 11.7. The van der Waals surface area contributed by atoms with Crippen LogP contribution >= 0.6 is 11.6 Å². The predicted molar refractivity (Wildman–Crippen MR) is 79.5 cm³/mol. The Hall–Kier alpha value is -1.99. The van der Waals surface area contributed by atoms with Crippen molar-refractivity contribution < 1.29 is 4.79 Å². The number of nitrogens with one attached hydrogen (secondary N) is 1.